The highest BCUT2D eigenvalue weighted by Crippen LogP contribution is 2.29. The van der Waals surface area contributed by atoms with E-state index in [1.165, 1.54) is 0 Å². The molecule has 1 aliphatic rings. The van der Waals surface area contributed by atoms with Crippen molar-refractivity contribution in [2.75, 3.05) is 11.4 Å². The van der Waals surface area contributed by atoms with Crippen molar-refractivity contribution in [1.29, 1.82) is 5.26 Å². The largest absolute Gasteiger partial charge is 0.306 e. The van der Waals surface area contributed by atoms with Gasteiger partial charge >= 0.3 is 0 Å². The summed E-state index contributed by atoms with van der Waals surface area (Å²) in [6.45, 7) is 2.69. The maximum absolute atomic E-state index is 12.4. The minimum absolute atomic E-state index is 0.0396. The molecule has 0 bridgehead atoms. The number of nitrogens with zero attached hydrogens (tertiary/aromatic N) is 2. The maximum atomic E-state index is 12.4. The SMILES string of the molecule is CC1CNC(CC#N)C(=O)N1c1ccccc1Br. The van der Waals surface area contributed by atoms with E-state index in [0.29, 0.717) is 6.54 Å². The van der Waals surface area contributed by atoms with Gasteiger partial charge in [0.05, 0.1) is 18.2 Å². The van der Waals surface area contributed by atoms with Gasteiger partial charge in [0.15, 0.2) is 0 Å². The zero-order valence-electron chi connectivity index (χ0n) is 10.1. The summed E-state index contributed by atoms with van der Waals surface area (Å²) in [6.07, 6.45) is 0.201. The fraction of sp³-hybridized carbons (Fsp3) is 0.385. The van der Waals surface area contributed by atoms with E-state index >= 15 is 0 Å². The van der Waals surface area contributed by atoms with E-state index in [-0.39, 0.29) is 18.4 Å². The van der Waals surface area contributed by atoms with Gasteiger partial charge in [-0.15, -0.1) is 0 Å². The number of nitriles is 1. The van der Waals surface area contributed by atoms with Crippen molar-refractivity contribution in [2.45, 2.75) is 25.4 Å². The fourth-order valence-corrected chi connectivity index (χ4v) is 2.61. The van der Waals surface area contributed by atoms with Gasteiger partial charge in [0.25, 0.3) is 0 Å². The molecule has 4 nitrogen and oxygen atoms in total. The molecule has 1 amide bonds. The number of amides is 1. The van der Waals surface area contributed by atoms with Crippen LogP contribution >= 0.6 is 15.9 Å². The summed E-state index contributed by atoms with van der Waals surface area (Å²) in [7, 11) is 0. The first-order valence-corrected chi connectivity index (χ1v) is 6.62. The minimum atomic E-state index is -0.404. The van der Waals surface area contributed by atoms with Gasteiger partial charge in [-0.2, -0.15) is 5.26 Å². The Labute approximate surface area is 115 Å². The van der Waals surface area contributed by atoms with Gasteiger partial charge in [0.1, 0.15) is 6.04 Å². The van der Waals surface area contributed by atoms with Crippen LogP contribution in [0.4, 0.5) is 5.69 Å². The zero-order chi connectivity index (χ0) is 13.1. The zero-order valence-corrected chi connectivity index (χ0v) is 11.6. The molecule has 2 atom stereocenters. The lowest BCUT2D eigenvalue weighted by atomic mass is 10.1. The summed E-state index contributed by atoms with van der Waals surface area (Å²) in [5.41, 5.74) is 0.861. The van der Waals surface area contributed by atoms with E-state index in [9.17, 15) is 4.79 Å². The van der Waals surface area contributed by atoms with Crippen LogP contribution in [0.15, 0.2) is 28.7 Å². The van der Waals surface area contributed by atoms with Crippen molar-refractivity contribution in [3.8, 4) is 6.07 Å². The van der Waals surface area contributed by atoms with Gasteiger partial charge in [0.2, 0.25) is 5.91 Å². The molecule has 1 aliphatic heterocycles. The fourth-order valence-electron chi connectivity index (χ4n) is 2.13. The molecule has 1 heterocycles. The Morgan fingerprint density at radius 3 is 2.94 bits per heavy atom. The third-order valence-corrected chi connectivity index (χ3v) is 3.71. The van der Waals surface area contributed by atoms with E-state index in [4.69, 9.17) is 5.26 Å². The molecule has 18 heavy (non-hydrogen) atoms. The van der Waals surface area contributed by atoms with E-state index in [1.807, 2.05) is 37.3 Å². The topological polar surface area (TPSA) is 56.1 Å². The average molecular weight is 308 g/mol. The molecule has 1 N–H and O–H groups in total. The Kier molecular flexibility index (Phi) is 4.00. The second-order valence-electron chi connectivity index (χ2n) is 4.33. The van der Waals surface area contributed by atoms with E-state index < -0.39 is 6.04 Å². The predicted octanol–water partition coefficient (Wildman–Crippen LogP) is 2.06. The van der Waals surface area contributed by atoms with Crippen molar-refractivity contribution in [3.63, 3.8) is 0 Å². The normalized spacial score (nSPS) is 23.8. The summed E-state index contributed by atoms with van der Waals surface area (Å²) in [5.74, 6) is -0.0396. The maximum Gasteiger partial charge on any atom is 0.245 e. The highest BCUT2D eigenvalue weighted by atomic mass is 79.9. The van der Waals surface area contributed by atoms with Crippen LogP contribution in [0.3, 0.4) is 0 Å². The molecule has 1 saturated heterocycles. The number of anilines is 1. The Morgan fingerprint density at radius 1 is 1.56 bits per heavy atom. The van der Waals surface area contributed by atoms with Crippen LogP contribution < -0.4 is 10.2 Å². The van der Waals surface area contributed by atoms with Crippen molar-refractivity contribution in [2.24, 2.45) is 0 Å². The molecule has 0 aliphatic carbocycles. The van der Waals surface area contributed by atoms with Crippen molar-refractivity contribution in [1.82, 2.24) is 5.32 Å². The Hall–Kier alpha value is -1.38. The molecule has 94 valence electrons. The molecule has 1 aromatic rings. The van der Waals surface area contributed by atoms with Crippen molar-refractivity contribution in [3.05, 3.63) is 28.7 Å². The smallest absolute Gasteiger partial charge is 0.245 e. The molecule has 2 rings (SSSR count). The van der Waals surface area contributed by atoms with E-state index in [0.717, 1.165) is 10.2 Å². The summed E-state index contributed by atoms with van der Waals surface area (Å²) < 4.78 is 0.891. The average Bonchev–Trinajstić information content (AvgIpc) is 2.35. The highest BCUT2D eigenvalue weighted by molar-refractivity contribution is 9.10. The number of para-hydroxylation sites is 1. The van der Waals surface area contributed by atoms with E-state index in [2.05, 4.69) is 21.2 Å². The quantitative estimate of drug-likeness (QED) is 0.910. The van der Waals surface area contributed by atoms with Crippen LogP contribution in [0.1, 0.15) is 13.3 Å². The molecule has 5 heteroatoms. The number of carbonyl (C=O) groups excluding carboxylic acids is 1. The molecule has 0 saturated carbocycles. The van der Waals surface area contributed by atoms with Crippen LogP contribution in [0.5, 0.6) is 0 Å². The second-order valence-corrected chi connectivity index (χ2v) is 5.19. The number of halogens is 1. The summed E-state index contributed by atoms with van der Waals surface area (Å²) >= 11 is 3.47. The summed E-state index contributed by atoms with van der Waals surface area (Å²) in [5, 5.41) is 11.9. The van der Waals surface area contributed by atoms with Crippen molar-refractivity contribution < 1.29 is 4.79 Å². The molecule has 2 unspecified atom stereocenters. The van der Waals surface area contributed by atoms with Crippen LogP contribution in [-0.2, 0) is 4.79 Å². The van der Waals surface area contributed by atoms with Crippen LogP contribution in [0.25, 0.3) is 0 Å². The van der Waals surface area contributed by atoms with Gasteiger partial charge in [-0.05, 0) is 35.0 Å². The monoisotopic (exact) mass is 307 g/mol. The number of nitrogens with one attached hydrogen (secondary N) is 1. The molecular formula is C13H14BrN3O. The van der Waals surface area contributed by atoms with E-state index in [1.54, 1.807) is 4.90 Å². The molecule has 0 aromatic heterocycles. The lowest BCUT2D eigenvalue weighted by Gasteiger charge is -2.38. The van der Waals surface area contributed by atoms with Gasteiger partial charge < -0.3 is 10.2 Å². The van der Waals surface area contributed by atoms with Gasteiger partial charge in [0, 0.05) is 17.1 Å². The number of benzene rings is 1. The molecular weight excluding hydrogens is 294 g/mol. The van der Waals surface area contributed by atoms with Gasteiger partial charge in [-0.25, -0.2) is 0 Å². The first-order chi connectivity index (χ1) is 8.65. The highest BCUT2D eigenvalue weighted by Gasteiger charge is 2.34. The van der Waals surface area contributed by atoms with Crippen LogP contribution in [-0.4, -0.2) is 24.5 Å². The van der Waals surface area contributed by atoms with Crippen LogP contribution in [0.2, 0.25) is 0 Å². The summed E-state index contributed by atoms with van der Waals surface area (Å²) in [4.78, 5) is 14.1. The summed E-state index contributed by atoms with van der Waals surface area (Å²) in [6, 6.07) is 9.36. The number of rotatable bonds is 2. The Morgan fingerprint density at radius 2 is 2.28 bits per heavy atom. The number of piperazine rings is 1. The third-order valence-electron chi connectivity index (χ3n) is 3.04. The Balaban J connectivity index is 2.33. The molecule has 0 radical (unpaired) electrons. The molecule has 0 spiro atoms. The number of hydrogen-bond donors (Lipinski definition) is 1. The first-order valence-electron chi connectivity index (χ1n) is 5.83. The van der Waals surface area contributed by atoms with Crippen molar-refractivity contribution >= 4 is 27.5 Å². The predicted molar refractivity (Wildman–Crippen MR) is 73.1 cm³/mol. The number of hydrogen-bond acceptors (Lipinski definition) is 3. The lowest BCUT2D eigenvalue weighted by molar-refractivity contribution is -0.122. The van der Waals surface area contributed by atoms with Crippen LogP contribution in [0, 0.1) is 11.3 Å². The molecule has 1 aromatic carbocycles. The molecule has 1 fully saturated rings. The minimum Gasteiger partial charge on any atom is -0.306 e. The lowest BCUT2D eigenvalue weighted by Crippen LogP contribution is -2.59. The third kappa shape index (κ3) is 2.40. The standard InChI is InChI=1S/C13H14BrN3O/c1-9-8-16-11(6-7-15)13(18)17(9)12-5-3-2-4-10(12)14/h2-5,9,11,16H,6,8H2,1H3. The second kappa shape index (κ2) is 5.51. The van der Waals surface area contributed by atoms with Gasteiger partial charge in [-0.3, -0.25) is 4.79 Å². The first kappa shape index (κ1) is 13.1. The Bertz CT molecular complexity index is 497. The van der Waals surface area contributed by atoms with Gasteiger partial charge in [-0.1, -0.05) is 12.1 Å². The number of carbonyl (C=O) groups is 1.